The maximum absolute atomic E-state index is 9.81. The Morgan fingerprint density at radius 3 is 1.94 bits per heavy atom. The minimum atomic E-state index is -0.386. The summed E-state index contributed by atoms with van der Waals surface area (Å²) in [6.45, 7) is 0.491. The van der Waals surface area contributed by atoms with E-state index in [1.54, 1.807) is 0 Å². The van der Waals surface area contributed by atoms with Gasteiger partial charge in [-0.25, -0.2) is 0 Å². The van der Waals surface area contributed by atoms with Crippen molar-refractivity contribution in [3.05, 3.63) is 71.8 Å². The van der Waals surface area contributed by atoms with E-state index in [9.17, 15) is 5.11 Å². The normalized spacial score (nSPS) is 14.1. The molecule has 2 aromatic rings. The molecule has 0 aliphatic heterocycles. The van der Waals surface area contributed by atoms with Gasteiger partial charge in [0.1, 0.15) is 0 Å². The fourth-order valence-corrected chi connectivity index (χ4v) is 2.28. The number of rotatable bonds is 5. The number of hydrogen-bond acceptors (Lipinski definition) is 2. The highest BCUT2D eigenvalue weighted by atomic mass is 16.3. The summed E-state index contributed by atoms with van der Waals surface area (Å²) in [5.41, 5.74) is 7.84. The highest BCUT2D eigenvalue weighted by molar-refractivity contribution is 5.30. The molecule has 2 heteroatoms. The highest BCUT2D eigenvalue weighted by Crippen LogP contribution is 2.27. The third-order valence-corrected chi connectivity index (χ3v) is 3.46. The van der Waals surface area contributed by atoms with Crippen LogP contribution in [0.2, 0.25) is 0 Å². The van der Waals surface area contributed by atoms with Gasteiger partial charge in [0.15, 0.2) is 0 Å². The number of hydrogen-bond donors (Lipinski definition) is 2. The van der Waals surface area contributed by atoms with Gasteiger partial charge in [0.2, 0.25) is 0 Å². The lowest BCUT2D eigenvalue weighted by Gasteiger charge is -2.31. The van der Waals surface area contributed by atoms with Crippen LogP contribution in [-0.4, -0.2) is 18.3 Å². The molecule has 0 saturated carbocycles. The first-order valence-electron chi connectivity index (χ1n) is 6.21. The van der Waals surface area contributed by atoms with E-state index in [4.69, 9.17) is 5.73 Å². The molecule has 1 atom stereocenters. The maximum Gasteiger partial charge on any atom is 0.0543 e. The summed E-state index contributed by atoms with van der Waals surface area (Å²) in [7, 11) is 0. The molecular formula is C16H19NO. The molecular weight excluding hydrogens is 222 g/mol. The third-order valence-electron chi connectivity index (χ3n) is 3.46. The highest BCUT2D eigenvalue weighted by Gasteiger charge is 2.30. The molecule has 3 N–H and O–H groups in total. The van der Waals surface area contributed by atoms with E-state index in [1.807, 2.05) is 48.5 Å². The van der Waals surface area contributed by atoms with Gasteiger partial charge in [-0.3, -0.25) is 0 Å². The van der Waals surface area contributed by atoms with Gasteiger partial charge in [-0.15, -0.1) is 0 Å². The van der Waals surface area contributed by atoms with Crippen molar-refractivity contribution >= 4 is 0 Å². The first kappa shape index (κ1) is 12.8. The van der Waals surface area contributed by atoms with Crippen LogP contribution >= 0.6 is 0 Å². The molecule has 18 heavy (non-hydrogen) atoms. The smallest absolute Gasteiger partial charge is 0.0543 e. The monoisotopic (exact) mass is 241 g/mol. The van der Waals surface area contributed by atoms with Crippen molar-refractivity contribution in [3.63, 3.8) is 0 Å². The lowest BCUT2D eigenvalue weighted by molar-refractivity contribution is 0.196. The second-order valence-electron chi connectivity index (χ2n) is 4.67. The predicted molar refractivity (Wildman–Crippen MR) is 74.4 cm³/mol. The quantitative estimate of drug-likeness (QED) is 0.842. The molecule has 0 spiro atoms. The first-order chi connectivity index (χ1) is 8.80. The Morgan fingerprint density at radius 1 is 0.889 bits per heavy atom. The largest absolute Gasteiger partial charge is 0.395 e. The molecule has 0 aromatic heterocycles. The van der Waals surface area contributed by atoms with Gasteiger partial charge < -0.3 is 10.8 Å². The molecule has 0 aliphatic rings. The van der Waals surface area contributed by atoms with E-state index < -0.39 is 0 Å². The Labute approximate surface area is 108 Å². The summed E-state index contributed by atoms with van der Waals surface area (Å²) in [4.78, 5) is 0. The molecule has 94 valence electrons. The Hall–Kier alpha value is -1.64. The standard InChI is InChI=1S/C16H19NO/c17-12-16(13-18,15-9-5-2-6-10-15)11-14-7-3-1-4-8-14/h1-10,18H,11-13,17H2. The van der Waals surface area contributed by atoms with Crippen molar-refractivity contribution in [3.8, 4) is 0 Å². The van der Waals surface area contributed by atoms with Crippen molar-refractivity contribution < 1.29 is 5.11 Å². The molecule has 1 unspecified atom stereocenters. The van der Waals surface area contributed by atoms with Crippen LogP contribution in [0, 0.1) is 0 Å². The molecule has 2 rings (SSSR count). The van der Waals surface area contributed by atoms with Crippen molar-refractivity contribution in [1.29, 1.82) is 0 Å². The minimum absolute atomic E-state index is 0.0579. The summed E-state index contributed by atoms with van der Waals surface area (Å²) in [5, 5.41) is 9.81. The summed E-state index contributed by atoms with van der Waals surface area (Å²) < 4.78 is 0. The Bertz CT molecular complexity index is 463. The summed E-state index contributed by atoms with van der Waals surface area (Å²) >= 11 is 0. The van der Waals surface area contributed by atoms with E-state index in [0.29, 0.717) is 6.54 Å². The summed E-state index contributed by atoms with van der Waals surface area (Å²) in [5.74, 6) is 0. The van der Waals surface area contributed by atoms with Gasteiger partial charge in [-0.2, -0.15) is 0 Å². The lowest BCUT2D eigenvalue weighted by Crippen LogP contribution is -2.41. The number of aliphatic hydroxyl groups excluding tert-OH is 1. The zero-order valence-electron chi connectivity index (χ0n) is 10.4. The van der Waals surface area contributed by atoms with E-state index in [1.165, 1.54) is 5.56 Å². The topological polar surface area (TPSA) is 46.2 Å². The molecule has 0 amide bonds. The van der Waals surface area contributed by atoms with Crippen molar-refractivity contribution in [2.24, 2.45) is 5.73 Å². The van der Waals surface area contributed by atoms with Crippen LogP contribution in [0.4, 0.5) is 0 Å². The van der Waals surface area contributed by atoms with Crippen LogP contribution in [0.1, 0.15) is 11.1 Å². The Morgan fingerprint density at radius 2 is 1.44 bits per heavy atom. The van der Waals surface area contributed by atoms with Gasteiger partial charge in [0, 0.05) is 12.0 Å². The van der Waals surface area contributed by atoms with Crippen LogP contribution < -0.4 is 5.73 Å². The third kappa shape index (κ3) is 2.61. The van der Waals surface area contributed by atoms with Gasteiger partial charge in [-0.05, 0) is 17.5 Å². The lowest BCUT2D eigenvalue weighted by atomic mass is 9.76. The van der Waals surface area contributed by atoms with Crippen molar-refractivity contribution in [1.82, 2.24) is 0 Å². The maximum atomic E-state index is 9.81. The predicted octanol–water partition coefficient (Wildman–Crippen LogP) is 2.12. The molecule has 0 radical (unpaired) electrons. The molecule has 0 heterocycles. The summed E-state index contributed by atoms with van der Waals surface area (Å²) in [6, 6.07) is 20.2. The fourth-order valence-electron chi connectivity index (χ4n) is 2.28. The van der Waals surface area contributed by atoms with Crippen LogP contribution in [0.5, 0.6) is 0 Å². The second-order valence-corrected chi connectivity index (χ2v) is 4.67. The fraction of sp³-hybridized carbons (Fsp3) is 0.250. The zero-order chi connectivity index (χ0) is 12.8. The van der Waals surface area contributed by atoms with Crippen molar-refractivity contribution in [2.75, 3.05) is 13.2 Å². The number of nitrogens with two attached hydrogens (primary N) is 1. The Balaban J connectivity index is 2.33. The van der Waals surface area contributed by atoms with Gasteiger partial charge in [0.25, 0.3) is 0 Å². The van der Waals surface area contributed by atoms with Crippen LogP contribution in [0.25, 0.3) is 0 Å². The molecule has 0 aliphatic carbocycles. The Kier molecular flexibility index (Phi) is 4.13. The van der Waals surface area contributed by atoms with E-state index in [-0.39, 0.29) is 12.0 Å². The van der Waals surface area contributed by atoms with E-state index >= 15 is 0 Å². The molecule has 2 nitrogen and oxygen atoms in total. The van der Waals surface area contributed by atoms with Crippen LogP contribution in [-0.2, 0) is 11.8 Å². The summed E-state index contributed by atoms with van der Waals surface area (Å²) in [6.07, 6.45) is 0.755. The number of aliphatic hydroxyl groups is 1. The zero-order valence-corrected chi connectivity index (χ0v) is 10.4. The van der Waals surface area contributed by atoms with Gasteiger partial charge >= 0.3 is 0 Å². The van der Waals surface area contributed by atoms with E-state index in [2.05, 4.69) is 12.1 Å². The average Bonchev–Trinajstić information content (AvgIpc) is 2.47. The van der Waals surface area contributed by atoms with Gasteiger partial charge in [-0.1, -0.05) is 60.7 Å². The van der Waals surface area contributed by atoms with Crippen LogP contribution in [0.15, 0.2) is 60.7 Å². The van der Waals surface area contributed by atoms with Crippen LogP contribution in [0.3, 0.4) is 0 Å². The van der Waals surface area contributed by atoms with Crippen molar-refractivity contribution in [2.45, 2.75) is 11.8 Å². The number of benzene rings is 2. The molecule has 0 fully saturated rings. The SMILES string of the molecule is NCC(CO)(Cc1ccccc1)c1ccccc1. The second kappa shape index (κ2) is 5.80. The average molecular weight is 241 g/mol. The molecule has 2 aromatic carbocycles. The molecule has 0 saturated heterocycles. The van der Waals surface area contributed by atoms with E-state index in [0.717, 1.165) is 12.0 Å². The first-order valence-corrected chi connectivity index (χ1v) is 6.21. The van der Waals surface area contributed by atoms with Gasteiger partial charge in [0.05, 0.1) is 6.61 Å². The minimum Gasteiger partial charge on any atom is -0.395 e. The molecule has 0 bridgehead atoms.